The van der Waals surface area contributed by atoms with Crippen LogP contribution in [0.15, 0.2) is 42.5 Å². The molecule has 0 amide bonds. The Kier molecular flexibility index (Phi) is 5.96. The topological polar surface area (TPSA) is 9.23 Å². The van der Waals surface area contributed by atoms with Gasteiger partial charge in [0.2, 0.25) is 5.82 Å². The van der Waals surface area contributed by atoms with Crippen molar-refractivity contribution in [2.75, 3.05) is 7.11 Å². The standard InChI is InChI=1S/C27H10F10O/c1-38-10-7-15(31)19(16(32)8-10)17-11-3-2-9(28)6-12(11)18(21-14(30)5-4-13(29)20(17)21)22-23(33)25(35)27(37)26(36)24(22)34/h2-8H,1H3. The molecule has 0 aromatic heterocycles. The average molecular weight is 540 g/mol. The highest BCUT2D eigenvalue weighted by atomic mass is 19.2. The summed E-state index contributed by atoms with van der Waals surface area (Å²) in [7, 11) is 1.11. The maximum Gasteiger partial charge on any atom is 0.200 e. The van der Waals surface area contributed by atoms with Crippen LogP contribution in [-0.4, -0.2) is 7.11 Å². The van der Waals surface area contributed by atoms with E-state index in [1.54, 1.807) is 0 Å². The molecule has 1 nitrogen and oxygen atoms in total. The van der Waals surface area contributed by atoms with Crippen molar-refractivity contribution >= 4 is 21.5 Å². The van der Waals surface area contributed by atoms with Gasteiger partial charge in [-0.05, 0) is 35.0 Å². The van der Waals surface area contributed by atoms with Gasteiger partial charge in [-0.15, -0.1) is 0 Å². The van der Waals surface area contributed by atoms with Crippen molar-refractivity contribution in [3.63, 3.8) is 0 Å². The fourth-order valence-corrected chi connectivity index (χ4v) is 4.50. The summed E-state index contributed by atoms with van der Waals surface area (Å²) in [6.45, 7) is 0. The Balaban J connectivity index is 2.14. The molecular weight excluding hydrogens is 530 g/mol. The average Bonchev–Trinajstić information content (AvgIpc) is 2.88. The van der Waals surface area contributed by atoms with Gasteiger partial charge in [-0.3, -0.25) is 0 Å². The molecule has 0 heterocycles. The highest BCUT2D eigenvalue weighted by Crippen LogP contribution is 2.48. The Morgan fingerprint density at radius 1 is 0.447 bits per heavy atom. The van der Waals surface area contributed by atoms with Crippen LogP contribution in [0.4, 0.5) is 43.9 Å². The second kappa shape index (κ2) is 8.93. The molecule has 0 aliphatic heterocycles. The van der Waals surface area contributed by atoms with Crippen LogP contribution in [0, 0.1) is 58.2 Å². The number of halogens is 10. The van der Waals surface area contributed by atoms with Crippen LogP contribution < -0.4 is 4.74 Å². The van der Waals surface area contributed by atoms with Crippen LogP contribution in [0.5, 0.6) is 5.75 Å². The van der Waals surface area contributed by atoms with Crippen molar-refractivity contribution in [3.05, 3.63) is 101 Å². The molecular formula is C27H10F10O. The fourth-order valence-electron chi connectivity index (χ4n) is 4.50. The molecule has 0 N–H and O–H groups in total. The SMILES string of the molecule is COc1cc(F)c(-c2c3ccc(F)cc3c(-c3c(F)c(F)c(F)c(F)c3F)c3c(F)ccc(F)c23)c(F)c1. The minimum atomic E-state index is -2.52. The van der Waals surface area contributed by atoms with Crippen LogP contribution in [-0.2, 0) is 0 Å². The van der Waals surface area contributed by atoms with Gasteiger partial charge in [0, 0.05) is 34.0 Å². The number of benzene rings is 5. The number of rotatable bonds is 3. The lowest BCUT2D eigenvalue weighted by Crippen LogP contribution is -2.06. The van der Waals surface area contributed by atoms with Crippen molar-refractivity contribution in [1.29, 1.82) is 0 Å². The number of hydrogen-bond acceptors (Lipinski definition) is 1. The van der Waals surface area contributed by atoms with Gasteiger partial charge in [-0.1, -0.05) is 6.07 Å². The molecule has 0 unspecified atom stereocenters. The maximum absolute atomic E-state index is 15.3. The Bertz CT molecular complexity index is 1760. The first-order chi connectivity index (χ1) is 18.0. The van der Waals surface area contributed by atoms with Gasteiger partial charge in [0.05, 0.1) is 18.2 Å². The number of methoxy groups -OCH3 is 1. The molecule has 194 valence electrons. The van der Waals surface area contributed by atoms with Crippen molar-refractivity contribution in [2.24, 2.45) is 0 Å². The number of fused-ring (bicyclic) bond motifs is 2. The van der Waals surface area contributed by atoms with Crippen molar-refractivity contribution in [3.8, 4) is 28.0 Å². The van der Waals surface area contributed by atoms with E-state index in [0.717, 1.165) is 31.4 Å². The largest absolute Gasteiger partial charge is 0.497 e. The van der Waals surface area contributed by atoms with Gasteiger partial charge >= 0.3 is 0 Å². The number of hydrogen-bond donors (Lipinski definition) is 0. The maximum atomic E-state index is 15.3. The summed E-state index contributed by atoms with van der Waals surface area (Å²) in [4.78, 5) is 0. The predicted molar refractivity (Wildman–Crippen MR) is 118 cm³/mol. The summed E-state index contributed by atoms with van der Waals surface area (Å²) in [6, 6.07) is 4.58. The third-order valence-corrected chi connectivity index (χ3v) is 6.09. The minimum absolute atomic E-state index is 0.284. The third kappa shape index (κ3) is 3.56. The first kappa shape index (κ1) is 25.4. The first-order valence-corrected chi connectivity index (χ1v) is 10.6. The van der Waals surface area contributed by atoms with E-state index in [2.05, 4.69) is 0 Å². The van der Waals surface area contributed by atoms with Gasteiger partial charge in [0.1, 0.15) is 34.8 Å². The summed E-state index contributed by atoms with van der Waals surface area (Å²) < 4.78 is 152. The summed E-state index contributed by atoms with van der Waals surface area (Å²) >= 11 is 0. The zero-order chi connectivity index (χ0) is 27.6. The van der Waals surface area contributed by atoms with Gasteiger partial charge in [-0.25, -0.2) is 43.9 Å². The lowest BCUT2D eigenvalue weighted by molar-refractivity contribution is 0.381. The van der Waals surface area contributed by atoms with Crippen LogP contribution in [0.1, 0.15) is 0 Å². The molecule has 0 spiro atoms. The van der Waals surface area contributed by atoms with Crippen LogP contribution in [0.25, 0.3) is 43.8 Å². The van der Waals surface area contributed by atoms with E-state index in [1.807, 2.05) is 0 Å². The summed E-state index contributed by atoms with van der Waals surface area (Å²) in [6.07, 6.45) is 0. The van der Waals surface area contributed by atoms with E-state index in [-0.39, 0.29) is 5.75 Å². The smallest absolute Gasteiger partial charge is 0.200 e. The van der Waals surface area contributed by atoms with Gasteiger partial charge in [-0.2, -0.15) is 0 Å². The fraction of sp³-hybridized carbons (Fsp3) is 0.0370. The Hall–Kier alpha value is -4.28. The van der Waals surface area contributed by atoms with E-state index in [0.29, 0.717) is 18.2 Å². The Labute approximate surface area is 206 Å². The predicted octanol–water partition coefficient (Wildman–Crippen LogP) is 8.73. The quantitative estimate of drug-likeness (QED) is 0.0963. The molecule has 0 aliphatic carbocycles. The van der Waals surface area contributed by atoms with Gasteiger partial charge in [0.25, 0.3) is 0 Å². The molecule has 0 fully saturated rings. The lowest BCUT2D eigenvalue weighted by Gasteiger charge is -2.20. The summed E-state index contributed by atoms with van der Waals surface area (Å²) in [5, 5.41) is -3.25. The van der Waals surface area contributed by atoms with Crippen LogP contribution in [0.3, 0.4) is 0 Å². The molecule has 0 saturated heterocycles. The highest BCUT2D eigenvalue weighted by molar-refractivity contribution is 6.21. The lowest BCUT2D eigenvalue weighted by atomic mass is 9.84. The molecule has 0 saturated carbocycles. The second-order valence-electron chi connectivity index (χ2n) is 8.13. The van der Waals surface area contributed by atoms with Gasteiger partial charge < -0.3 is 4.74 Å². The molecule has 0 bridgehead atoms. The minimum Gasteiger partial charge on any atom is -0.497 e. The number of ether oxygens (including phenoxy) is 1. The summed E-state index contributed by atoms with van der Waals surface area (Å²) in [5.41, 5.74) is -4.44. The highest BCUT2D eigenvalue weighted by Gasteiger charge is 2.32. The van der Waals surface area contributed by atoms with E-state index in [9.17, 15) is 26.3 Å². The van der Waals surface area contributed by atoms with Crippen LogP contribution >= 0.6 is 0 Å². The third-order valence-electron chi connectivity index (χ3n) is 6.09. The molecule has 0 radical (unpaired) electrons. The van der Waals surface area contributed by atoms with Crippen molar-refractivity contribution < 1.29 is 48.6 Å². The Morgan fingerprint density at radius 3 is 1.42 bits per heavy atom. The van der Waals surface area contributed by atoms with E-state index in [1.165, 1.54) is 0 Å². The molecule has 11 heteroatoms. The molecule has 38 heavy (non-hydrogen) atoms. The summed E-state index contributed by atoms with van der Waals surface area (Å²) in [5.74, 6) is -19.0. The van der Waals surface area contributed by atoms with E-state index >= 15 is 17.6 Å². The van der Waals surface area contributed by atoms with E-state index < -0.39 is 102 Å². The normalized spacial score (nSPS) is 11.6. The Morgan fingerprint density at radius 2 is 0.921 bits per heavy atom. The molecule has 0 atom stereocenters. The van der Waals surface area contributed by atoms with E-state index in [4.69, 9.17) is 4.74 Å². The van der Waals surface area contributed by atoms with Gasteiger partial charge in [0.15, 0.2) is 23.3 Å². The van der Waals surface area contributed by atoms with Crippen molar-refractivity contribution in [1.82, 2.24) is 0 Å². The molecule has 5 aromatic carbocycles. The monoisotopic (exact) mass is 540 g/mol. The van der Waals surface area contributed by atoms with Crippen LogP contribution in [0.2, 0.25) is 0 Å². The zero-order valence-corrected chi connectivity index (χ0v) is 18.7. The van der Waals surface area contributed by atoms with Crippen molar-refractivity contribution in [2.45, 2.75) is 0 Å². The first-order valence-electron chi connectivity index (χ1n) is 10.6. The molecule has 0 aliphatic rings. The molecule has 5 rings (SSSR count). The molecule has 5 aromatic rings. The second-order valence-corrected chi connectivity index (χ2v) is 8.13. The zero-order valence-electron chi connectivity index (χ0n) is 18.7.